The predicted molar refractivity (Wildman–Crippen MR) is 35.3 cm³/mol. The smallest absolute Gasteiger partial charge is 0.320 e. The highest BCUT2D eigenvalue weighted by Gasteiger charge is 2.09. The summed E-state index contributed by atoms with van der Waals surface area (Å²) in [7, 11) is 0. The zero-order valence-electron chi connectivity index (χ0n) is 5.58. The van der Waals surface area contributed by atoms with Crippen molar-refractivity contribution in [2.24, 2.45) is 5.73 Å². The number of nitrogens with two attached hydrogens (primary N) is 1. The molecular weight excluding hydrogens is 136 g/mol. The van der Waals surface area contributed by atoms with Crippen LogP contribution in [0, 0.1) is 0 Å². The Bertz CT molecular complexity index is 107. The minimum Gasteiger partial charge on any atom is -0.480 e. The van der Waals surface area contributed by atoms with Crippen molar-refractivity contribution in [2.45, 2.75) is 12.5 Å². The SMILES string of the molecule is N[C@@H](CCNCO)C(=O)O. The molecule has 0 aromatic rings. The van der Waals surface area contributed by atoms with E-state index < -0.39 is 12.0 Å². The van der Waals surface area contributed by atoms with Gasteiger partial charge < -0.3 is 15.9 Å². The van der Waals surface area contributed by atoms with Crippen molar-refractivity contribution in [1.29, 1.82) is 0 Å². The first-order chi connectivity index (χ1) is 4.68. The summed E-state index contributed by atoms with van der Waals surface area (Å²) >= 11 is 0. The van der Waals surface area contributed by atoms with Gasteiger partial charge in [0.05, 0.1) is 6.73 Å². The molecule has 0 spiro atoms. The third-order valence-corrected chi connectivity index (χ3v) is 1.06. The van der Waals surface area contributed by atoms with Crippen molar-refractivity contribution in [3.63, 3.8) is 0 Å². The summed E-state index contributed by atoms with van der Waals surface area (Å²) in [4.78, 5) is 10.1. The van der Waals surface area contributed by atoms with Gasteiger partial charge in [-0.25, -0.2) is 0 Å². The second-order valence-corrected chi connectivity index (χ2v) is 1.89. The maximum atomic E-state index is 10.1. The van der Waals surface area contributed by atoms with E-state index in [9.17, 15) is 4.79 Å². The van der Waals surface area contributed by atoms with Crippen molar-refractivity contribution >= 4 is 5.97 Å². The van der Waals surface area contributed by atoms with Crippen LogP contribution in [0.3, 0.4) is 0 Å². The molecule has 0 radical (unpaired) electrons. The normalized spacial score (nSPS) is 13.0. The zero-order chi connectivity index (χ0) is 7.98. The molecule has 10 heavy (non-hydrogen) atoms. The van der Waals surface area contributed by atoms with Gasteiger partial charge in [0.1, 0.15) is 6.04 Å². The molecule has 0 amide bonds. The van der Waals surface area contributed by atoms with Crippen molar-refractivity contribution in [2.75, 3.05) is 13.3 Å². The summed E-state index contributed by atoms with van der Waals surface area (Å²) < 4.78 is 0. The minimum atomic E-state index is -1.01. The number of carboxylic acids is 1. The van der Waals surface area contributed by atoms with Crippen LogP contribution in [0.1, 0.15) is 6.42 Å². The molecule has 0 heterocycles. The molecule has 0 unspecified atom stereocenters. The number of rotatable bonds is 5. The fraction of sp³-hybridized carbons (Fsp3) is 0.800. The van der Waals surface area contributed by atoms with E-state index in [2.05, 4.69) is 5.32 Å². The third kappa shape index (κ3) is 4.25. The molecule has 5 N–H and O–H groups in total. The van der Waals surface area contributed by atoms with Gasteiger partial charge in [0.2, 0.25) is 0 Å². The largest absolute Gasteiger partial charge is 0.480 e. The minimum absolute atomic E-state index is 0.146. The second kappa shape index (κ2) is 5.16. The molecule has 60 valence electrons. The standard InChI is InChI=1S/C5H12N2O3/c6-4(5(9)10)1-2-7-3-8/h4,7-8H,1-3,6H2,(H,9,10)/t4-/m0/s1. The molecule has 5 heteroatoms. The van der Waals surface area contributed by atoms with Crippen LogP contribution >= 0.6 is 0 Å². The lowest BCUT2D eigenvalue weighted by Crippen LogP contribution is -2.33. The first-order valence-electron chi connectivity index (χ1n) is 2.98. The Labute approximate surface area is 58.8 Å². The van der Waals surface area contributed by atoms with Crippen LogP contribution in [-0.2, 0) is 4.79 Å². The summed E-state index contributed by atoms with van der Waals surface area (Å²) in [5.74, 6) is -1.01. The summed E-state index contributed by atoms with van der Waals surface area (Å²) in [6.07, 6.45) is 0.329. The lowest BCUT2D eigenvalue weighted by atomic mass is 10.2. The van der Waals surface area contributed by atoms with E-state index in [4.69, 9.17) is 15.9 Å². The number of aliphatic hydroxyl groups is 1. The first-order valence-corrected chi connectivity index (χ1v) is 2.98. The van der Waals surface area contributed by atoms with E-state index in [1.165, 1.54) is 0 Å². The molecule has 0 bridgehead atoms. The quantitative estimate of drug-likeness (QED) is 0.276. The number of carbonyl (C=O) groups is 1. The molecule has 0 aliphatic carbocycles. The fourth-order valence-corrected chi connectivity index (χ4v) is 0.460. The van der Waals surface area contributed by atoms with Crippen molar-refractivity contribution in [1.82, 2.24) is 5.32 Å². The van der Waals surface area contributed by atoms with Gasteiger partial charge >= 0.3 is 5.97 Å². The molecule has 0 rings (SSSR count). The van der Waals surface area contributed by atoms with Gasteiger partial charge in [0, 0.05) is 0 Å². The van der Waals surface area contributed by atoms with E-state index >= 15 is 0 Å². The summed E-state index contributed by atoms with van der Waals surface area (Å²) in [6.45, 7) is 0.274. The summed E-state index contributed by atoms with van der Waals surface area (Å²) in [6, 6.07) is -0.834. The van der Waals surface area contributed by atoms with E-state index in [-0.39, 0.29) is 6.73 Å². The number of hydrogen-bond acceptors (Lipinski definition) is 4. The van der Waals surface area contributed by atoms with Crippen LogP contribution in [0.2, 0.25) is 0 Å². The molecule has 0 aliphatic rings. The number of aliphatic hydroxyl groups excluding tert-OH is 1. The Balaban J connectivity index is 3.21. The van der Waals surface area contributed by atoms with Gasteiger partial charge in [-0.2, -0.15) is 0 Å². The monoisotopic (exact) mass is 148 g/mol. The van der Waals surface area contributed by atoms with Gasteiger partial charge in [0.25, 0.3) is 0 Å². The van der Waals surface area contributed by atoms with Crippen molar-refractivity contribution in [3.8, 4) is 0 Å². The molecule has 0 aliphatic heterocycles. The highest BCUT2D eigenvalue weighted by atomic mass is 16.4. The van der Waals surface area contributed by atoms with Gasteiger partial charge in [-0.3, -0.25) is 10.1 Å². The third-order valence-electron chi connectivity index (χ3n) is 1.06. The van der Waals surface area contributed by atoms with E-state index in [1.54, 1.807) is 0 Å². The second-order valence-electron chi connectivity index (χ2n) is 1.89. The van der Waals surface area contributed by atoms with Gasteiger partial charge in [-0.15, -0.1) is 0 Å². The summed E-state index contributed by atoms with van der Waals surface area (Å²) in [5, 5.41) is 19.0. The Morgan fingerprint density at radius 3 is 2.70 bits per heavy atom. The Morgan fingerprint density at radius 1 is 1.70 bits per heavy atom. The number of hydrogen-bond donors (Lipinski definition) is 4. The predicted octanol–water partition coefficient (Wildman–Crippen LogP) is -1.67. The van der Waals surface area contributed by atoms with Crippen LogP contribution in [0.4, 0.5) is 0 Å². The topological polar surface area (TPSA) is 95.6 Å². The molecule has 0 aromatic heterocycles. The van der Waals surface area contributed by atoms with Crippen molar-refractivity contribution in [3.05, 3.63) is 0 Å². The molecule has 0 fully saturated rings. The molecule has 1 atom stereocenters. The van der Waals surface area contributed by atoms with Crippen LogP contribution in [0.5, 0.6) is 0 Å². The Morgan fingerprint density at radius 2 is 2.30 bits per heavy atom. The molecule has 0 saturated carbocycles. The lowest BCUT2D eigenvalue weighted by Gasteiger charge is -2.04. The molecule has 5 nitrogen and oxygen atoms in total. The van der Waals surface area contributed by atoms with Crippen LogP contribution < -0.4 is 11.1 Å². The Kier molecular flexibility index (Phi) is 4.82. The van der Waals surface area contributed by atoms with Crippen LogP contribution in [-0.4, -0.2) is 35.5 Å². The Hall–Kier alpha value is -0.650. The van der Waals surface area contributed by atoms with Crippen LogP contribution in [0.25, 0.3) is 0 Å². The first kappa shape index (κ1) is 9.35. The number of carboxylic acid groups (broad SMARTS) is 1. The van der Waals surface area contributed by atoms with E-state index in [0.29, 0.717) is 13.0 Å². The maximum Gasteiger partial charge on any atom is 0.320 e. The van der Waals surface area contributed by atoms with Crippen LogP contribution in [0.15, 0.2) is 0 Å². The summed E-state index contributed by atoms with van der Waals surface area (Å²) in [5.41, 5.74) is 5.14. The molecule has 0 aromatic carbocycles. The average Bonchev–Trinajstić information content (AvgIpc) is 1.88. The highest BCUT2D eigenvalue weighted by Crippen LogP contribution is 1.84. The van der Waals surface area contributed by atoms with Gasteiger partial charge in [-0.05, 0) is 13.0 Å². The zero-order valence-corrected chi connectivity index (χ0v) is 5.58. The lowest BCUT2D eigenvalue weighted by molar-refractivity contribution is -0.138. The number of aliphatic carboxylic acids is 1. The maximum absolute atomic E-state index is 10.1. The molecule has 0 saturated heterocycles. The van der Waals surface area contributed by atoms with E-state index in [0.717, 1.165) is 0 Å². The van der Waals surface area contributed by atoms with Crippen molar-refractivity contribution < 1.29 is 15.0 Å². The van der Waals surface area contributed by atoms with Gasteiger partial charge in [-0.1, -0.05) is 0 Å². The highest BCUT2D eigenvalue weighted by molar-refractivity contribution is 5.72. The fourth-order valence-electron chi connectivity index (χ4n) is 0.460. The average molecular weight is 148 g/mol. The molecular formula is C5H12N2O3. The number of nitrogens with one attached hydrogen (secondary N) is 1. The van der Waals surface area contributed by atoms with E-state index in [1.807, 2.05) is 0 Å². The van der Waals surface area contributed by atoms with Gasteiger partial charge in [0.15, 0.2) is 0 Å².